The van der Waals surface area contributed by atoms with Crippen molar-refractivity contribution in [3.63, 3.8) is 0 Å². The summed E-state index contributed by atoms with van der Waals surface area (Å²) in [6.45, 7) is 2.43. The smallest absolute Gasteiger partial charge is 0.406 e. The lowest BCUT2D eigenvalue weighted by Gasteiger charge is -2.35. The molecule has 1 aliphatic rings. The van der Waals surface area contributed by atoms with Crippen molar-refractivity contribution in [2.24, 2.45) is 5.73 Å². The number of benzene rings is 1. The van der Waals surface area contributed by atoms with Crippen LogP contribution in [0.3, 0.4) is 0 Å². The molecule has 1 aromatic rings. The van der Waals surface area contributed by atoms with Crippen LogP contribution in [0, 0.1) is 0 Å². The van der Waals surface area contributed by atoms with Gasteiger partial charge in [0, 0.05) is 12.6 Å². The molecule has 0 radical (unpaired) electrons. The first-order chi connectivity index (χ1) is 9.98. The molecule has 1 fully saturated rings. The zero-order valence-corrected chi connectivity index (χ0v) is 13.1. The van der Waals surface area contributed by atoms with Crippen LogP contribution in [0.2, 0.25) is 0 Å². The van der Waals surface area contributed by atoms with E-state index in [2.05, 4.69) is 9.64 Å². The second-order valence-electron chi connectivity index (χ2n) is 5.39. The van der Waals surface area contributed by atoms with E-state index in [-0.39, 0.29) is 18.2 Å². The van der Waals surface area contributed by atoms with Gasteiger partial charge >= 0.3 is 6.36 Å². The van der Waals surface area contributed by atoms with E-state index < -0.39 is 6.36 Å². The minimum absolute atomic E-state index is 0. The van der Waals surface area contributed by atoms with Gasteiger partial charge in [-0.05, 0) is 50.0 Å². The third-order valence-electron chi connectivity index (χ3n) is 3.79. The predicted molar refractivity (Wildman–Crippen MR) is 82.1 cm³/mol. The van der Waals surface area contributed by atoms with Gasteiger partial charge in [0.15, 0.2) is 0 Å². The fraction of sp³-hybridized carbons (Fsp3) is 0.600. The summed E-state index contributed by atoms with van der Waals surface area (Å²) in [6, 6.07) is 6.59. The zero-order valence-electron chi connectivity index (χ0n) is 12.3. The molecule has 0 bridgehead atoms. The summed E-state index contributed by atoms with van der Waals surface area (Å²) < 4.78 is 40.2. The number of halogens is 4. The molecule has 1 atom stereocenters. The van der Waals surface area contributed by atoms with Crippen LogP contribution in [0.25, 0.3) is 0 Å². The fourth-order valence-electron chi connectivity index (χ4n) is 2.82. The molecule has 0 aliphatic carbocycles. The summed E-state index contributed by atoms with van der Waals surface area (Å²) in [6.07, 6.45) is -0.141. The van der Waals surface area contributed by atoms with Gasteiger partial charge in [-0.2, -0.15) is 0 Å². The number of nitrogens with zero attached hydrogens (tertiary/aromatic N) is 1. The van der Waals surface area contributed by atoms with Gasteiger partial charge in [-0.1, -0.05) is 18.6 Å². The van der Waals surface area contributed by atoms with E-state index in [1.54, 1.807) is 12.1 Å². The molecule has 2 rings (SSSR count). The lowest BCUT2D eigenvalue weighted by atomic mass is 9.98. The monoisotopic (exact) mass is 338 g/mol. The molecule has 0 aromatic heterocycles. The highest BCUT2D eigenvalue weighted by Gasteiger charge is 2.31. The molecule has 0 saturated carbocycles. The second kappa shape index (κ2) is 8.60. The highest BCUT2D eigenvalue weighted by atomic mass is 35.5. The summed E-state index contributed by atoms with van der Waals surface area (Å²) in [7, 11) is 0. The number of hydrogen-bond acceptors (Lipinski definition) is 3. The first-order valence-electron chi connectivity index (χ1n) is 7.27. The Kier molecular flexibility index (Phi) is 7.45. The van der Waals surface area contributed by atoms with Crippen LogP contribution in [0.4, 0.5) is 13.2 Å². The normalized spacial score (nSPS) is 19.5. The highest BCUT2D eigenvalue weighted by Crippen LogP contribution is 2.25. The first-order valence-corrected chi connectivity index (χ1v) is 7.27. The van der Waals surface area contributed by atoms with Crippen molar-refractivity contribution in [2.75, 3.05) is 13.1 Å². The minimum Gasteiger partial charge on any atom is -0.406 e. The highest BCUT2D eigenvalue weighted by molar-refractivity contribution is 5.85. The SMILES string of the molecule is Cl.NCCC1CCCCN1Cc1ccc(OC(F)(F)F)cc1. The quantitative estimate of drug-likeness (QED) is 0.889. The molecule has 0 spiro atoms. The van der Waals surface area contributed by atoms with Crippen LogP contribution >= 0.6 is 12.4 Å². The van der Waals surface area contributed by atoms with Crippen molar-refractivity contribution in [1.29, 1.82) is 0 Å². The van der Waals surface area contributed by atoms with Crippen LogP contribution < -0.4 is 10.5 Å². The van der Waals surface area contributed by atoms with Gasteiger partial charge in [0.25, 0.3) is 0 Å². The van der Waals surface area contributed by atoms with Gasteiger partial charge in [-0.25, -0.2) is 0 Å². The molecule has 1 unspecified atom stereocenters. The third kappa shape index (κ3) is 6.02. The predicted octanol–water partition coefficient (Wildman–Crippen LogP) is 3.71. The molecule has 2 N–H and O–H groups in total. The molecule has 1 saturated heterocycles. The molecular weight excluding hydrogens is 317 g/mol. The Bertz CT molecular complexity index is 437. The molecule has 126 valence electrons. The summed E-state index contributed by atoms with van der Waals surface area (Å²) >= 11 is 0. The molecule has 0 amide bonds. The molecule has 22 heavy (non-hydrogen) atoms. The van der Waals surface area contributed by atoms with E-state index in [0.717, 1.165) is 37.9 Å². The molecule has 1 aromatic carbocycles. The third-order valence-corrected chi connectivity index (χ3v) is 3.79. The molecular formula is C15H22ClF3N2O. The first kappa shape index (κ1) is 19.1. The van der Waals surface area contributed by atoms with Gasteiger partial charge in [0.1, 0.15) is 5.75 Å². The van der Waals surface area contributed by atoms with Crippen LogP contribution in [-0.4, -0.2) is 30.4 Å². The van der Waals surface area contributed by atoms with Crippen LogP contribution in [0.1, 0.15) is 31.2 Å². The van der Waals surface area contributed by atoms with E-state index in [1.165, 1.54) is 18.6 Å². The fourth-order valence-corrected chi connectivity index (χ4v) is 2.82. The Morgan fingerprint density at radius 3 is 2.45 bits per heavy atom. The average Bonchev–Trinajstić information content (AvgIpc) is 2.42. The number of alkyl halides is 3. The van der Waals surface area contributed by atoms with Crippen molar-refractivity contribution in [2.45, 2.75) is 44.6 Å². The Morgan fingerprint density at radius 1 is 1.18 bits per heavy atom. The van der Waals surface area contributed by atoms with Gasteiger partial charge < -0.3 is 10.5 Å². The second-order valence-corrected chi connectivity index (χ2v) is 5.39. The van der Waals surface area contributed by atoms with Crippen molar-refractivity contribution in [3.8, 4) is 5.75 Å². The molecule has 1 aliphatic heterocycles. The molecule has 1 heterocycles. The van der Waals surface area contributed by atoms with Gasteiger partial charge in [0.2, 0.25) is 0 Å². The Balaban J connectivity index is 0.00000242. The van der Waals surface area contributed by atoms with Crippen molar-refractivity contribution in [3.05, 3.63) is 29.8 Å². The van der Waals surface area contributed by atoms with Crippen LogP contribution in [-0.2, 0) is 6.54 Å². The largest absolute Gasteiger partial charge is 0.573 e. The van der Waals surface area contributed by atoms with Gasteiger partial charge in [-0.15, -0.1) is 25.6 Å². The van der Waals surface area contributed by atoms with Crippen molar-refractivity contribution >= 4 is 12.4 Å². The van der Waals surface area contributed by atoms with E-state index in [0.29, 0.717) is 12.6 Å². The van der Waals surface area contributed by atoms with Crippen LogP contribution in [0.5, 0.6) is 5.75 Å². The number of rotatable bonds is 5. The number of piperidine rings is 1. The van der Waals surface area contributed by atoms with E-state index in [4.69, 9.17) is 5.73 Å². The minimum atomic E-state index is -4.64. The standard InChI is InChI=1S/C15H21F3N2O.ClH/c16-15(17,18)21-14-6-4-12(5-7-14)11-20-10-2-1-3-13(20)8-9-19;/h4-7,13H,1-3,8-11,19H2;1H. The maximum Gasteiger partial charge on any atom is 0.573 e. The number of nitrogens with two attached hydrogens (primary N) is 1. The van der Waals surface area contributed by atoms with E-state index in [9.17, 15) is 13.2 Å². The number of likely N-dealkylation sites (tertiary alicyclic amines) is 1. The Morgan fingerprint density at radius 2 is 1.86 bits per heavy atom. The average molecular weight is 339 g/mol. The summed E-state index contributed by atoms with van der Waals surface area (Å²) in [4.78, 5) is 2.37. The topological polar surface area (TPSA) is 38.5 Å². The zero-order chi connectivity index (χ0) is 15.3. The lowest BCUT2D eigenvalue weighted by Crippen LogP contribution is -2.40. The summed E-state index contributed by atoms with van der Waals surface area (Å²) in [5, 5.41) is 0. The van der Waals surface area contributed by atoms with Crippen LogP contribution in [0.15, 0.2) is 24.3 Å². The molecule has 7 heteroatoms. The van der Waals surface area contributed by atoms with E-state index in [1.807, 2.05) is 0 Å². The number of hydrogen-bond donors (Lipinski definition) is 1. The lowest BCUT2D eigenvalue weighted by molar-refractivity contribution is -0.274. The van der Waals surface area contributed by atoms with Gasteiger partial charge in [0.05, 0.1) is 0 Å². The van der Waals surface area contributed by atoms with E-state index >= 15 is 0 Å². The number of ether oxygens (including phenoxy) is 1. The Labute approximate surface area is 135 Å². The van der Waals surface area contributed by atoms with Crippen molar-refractivity contribution < 1.29 is 17.9 Å². The Hall–Kier alpha value is -0.980. The summed E-state index contributed by atoms with van der Waals surface area (Å²) in [5.74, 6) is -0.177. The maximum atomic E-state index is 12.1. The van der Waals surface area contributed by atoms with Gasteiger partial charge in [-0.3, -0.25) is 4.90 Å². The maximum absolute atomic E-state index is 12.1. The summed E-state index contributed by atoms with van der Waals surface area (Å²) in [5.41, 5.74) is 6.64. The van der Waals surface area contributed by atoms with Crippen molar-refractivity contribution in [1.82, 2.24) is 4.90 Å². The molecule has 3 nitrogen and oxygen atoms in total.